The number of sulfonamides is 1. The number of benzene rings is 2. The molecule has 1 atom stereocenters. The molecular weight excluding hydrogens is 371 g/mol. The molecule has 1 heterocycles. The maximum atomic E-state index is 13.7. The van der Waals surface area contributed by atoms with Crippen LogP contribution in [0.4, 0.5) is 18.9 Å². The van der Waals surface area contributed by atoms with Crippen molar-refractivity contribution in [1.82, 2.24) is 0 Å². The Hall–Kier alpha value is -2.26. The van der Waals surface area contributed by atoms with Gasteiger partial charge in [0.05, 0.1) is 12.3 Å². The van der Waals surface area contributed by atoms with Gasteiger partial charge in [0, 0.05) is 7.05 Å². The third-order valence-electron chi connectivity index (χ3n) is 3.86. The molecule has 26 heavy (non-hydrogen) atoms. The molecule has 0 aliphatic carbocycles. The third kappa shape index (κ3) is 3.78. The number of hydrogen-bond donors (Lipinski definition) is 0. The summed E-state index contributed by atoms with van der Waals surface area (Å²) in [5.74, 6) is -0.532. The van der Waals surface area contributed by atoms with Gasteiger partial charge in [-0.05, 0) is 24.3 Å². The van der Waals surface area contributed by atoms with Crippen LogP contribution in [0.1, 0.15) is 5.56 Å². The normalized spacial score (nSPS) is 17.0. The predicted molar refractivity (Wildman–Crippen MR) is 88.7 cm³/mol. The Morgan fingerprint density at radius 2 is 1.81 bits per heavy atom. The first kappa shape index (κ1) is 18.5. The number of hydrogen-bond acceptors (Lipinski definition) is 4. The summed E-state index contributed by atoms with van der Waals surface area (Å²) in [4.78, 5) is -0.856. The molecular formula is C17H16F3NO4S. The zero-order chi connectivity index (χ0) is 18.9. The van der Waals surface area contributed by atoms with Gasteiger partial charge in [-0.3, -0.25) is 4.31 Å². The topological polar surface area (TPSA) is 59.1 Å². The summed E-state index contributed by atoms with van der Waals surface area (Å²) in [5.41, 5.74) is -1.07. The molecule has 1 unspecified atom stereocenters. The first-order chi connectivity index (χ1) is 12.2. The standard InChI is InChI=1S/C17H16F3NO4S/c1-21(12-6-3-2-4-7-12)26(22,23)15-9-5-8-14(16(15)17(18,19)20)25-11-13-10-24-13/h2-9,13H,10-11H2,1H3. The molecule has 0 aromatic heterocycles. The Labute approximate surface area is 149 Å². The summed E-state index contributed by atoms with van der Waals surface area (Å²) in [5, 5.41) is 0. The second-order valence-corrected chi connectivity index (χ2v) is 7.64. The third-order valence-corrected chi connectivity index (χ3v) is 5.68. The average molecular weight is 387 g/mol. The van der Waals surface area contributed by atoms with Gasteiger partial charge in [0.25, 0.3) is 10.0 Å². The van der Waals surface area contributed by atoms with Crippen molar-refractivity contribution in [2.45, 2.75) is 17.2 Å². The van der Waals surface area contributed by atoms with E-state index in [2.05, 4.69) is 0 Å². The van der Waals surface area contributed by atoms with E-state index in [1.807, 2.05) is 0 Å². The molecule has 0 saturated carbocycles. The fourth-order valence-electron chi connectivity index (χ4n) is 2.40. The highest BCUT2D eigenvalue weighted by atomic mass is 32.2. The fraction of sp³-hybridized carbons (Fsp3) is 0.294. The minimum absolute atomic E-state index is 0.0683. The molecule has 9 heteroatoms. The van der Waals surface area contributed by atoms with Crippen LogP contribution in [0, 0.1) is 0 Å². The van der Waals surface area contributed by atoms with Crippen LogP contribution in [-0.4, -0.2) is 34.8 Å². The number of para-hydroxylation sites is 1. The van der Waals surface area contributed by atoms with E-state index in [1.165, 1.54) is 25.2 Å². The van der Waals surface area contributed by atoms with Crippen molar-refractivity contribution in [3.63, 3.8) is 0 Å². The van der Waals surface area contributed by atoms with Crippen LogP contribution in [0.5, 0.6) is 5.75 Å². The number of rotatable bonds is 6. The van der Waals surface area contributed by atoms with Gasteiger partial charge >= 0.3 is 6.18 Å². The number of ether oxygens (including phenoxy) is 2. The second-order valence-electron chi connectivity index (χ2n) is 5.70. The van der Waals surface area contributed by atoms with Crippen LogP contribution >= 0.6 is 0 Å². The van der Waals surface area contributed by atoms with Crippen molar-refractivity contribution in [3.8, 4) is 5.75 Å². The van der Waals surface area contributed by atoms with E-state index in [0.717, 1.165) is 16.4 Å². The van der Waals surface area contributed by atoms with E-state index in [1.54, 1.807) is 18.2 Å². The van der Waals surface area contributed by atoms with E-state index in [0.29, 0.717) is 6.61 Å². The van der Waals surface area contributed by atoms with E-state index in [4.69, 9.17) is 9.47 Å². The predicted octanol–water partition coefficient (Wildman–Crippen LogP) is 3.31. The molecule has 1 saturated heterocycles. The molecule has 140 valence electrons. The molecule has 2 aromatic carbocycles. The van der Waals surface area contributed by atoms with Gasteiger partial charge in [-0.15, -0.1) is 0 Å². The van der Waals surface area contributed by atoms with Gasteiger partial charge in [0.1, 0.15) is 28.9 Å². The van der Waals surface area contributed by atoms with E-state index < -0.39 is 32.4 Å². The van der Waals surface area contributed by atoms with Crippen molar-refractivity contribution in [3.05, 3.63) is 54.1 Å². The zero-order valence-corrected chi connectivity index (χ0v) is 14.5. The molecule has 1 aliphatic heterocycles. The molecule has 3 rings (SSSR count). The molecule has 0 bridgehead atoms. The number of halogens is 3. The summed E-state index contributed by atoms with van der Waals surface area (Å²) in [6, 6.07) is 11.1. The highest BCUT2D eigenvalue weighted by Gasteiger charge is 2.42. The van der Waals surface area contributed by atoms with Crippen LogP contribution in [0.2, 0.25) is 0 Å². The molecule has 1 fully saturated rings. The Morgan fingerprint density at radius 3 is 2.38 bits per heavy atom. The summed E-state index contributed by atoms with van der Waals surface area (Å²) in [6.07, 6.45) is -5.16. The average Bonchev–Trinajstić information content (AvgIpc) is 3.43. The first-order valence-corrected chi connectivity index (χ1v) is 9.14. The first-order valence-electron chi connectivity index (χ1n) is 7.70. The van der Waals surface area contributed by atoms with E-state index in [9.17, 15) is 21.6 Å². The lowest BCUT2D eigenvalue weighted by Gasteiger charge is -2.23. The molecule has 1 aliphatic rings. The number of alkyl halides is 3. The van der Waals surface area contributed by atoms with Crippen molar-refractivity contribution in [2.24, 2.45) is 0 Å². The Balaban J connectivity index is 2.06. The molecule has 0 N–H and O–H groups in total. The fourth-order valence-corrected chi connectivity index (χ4v) is 3.82. The SMILES string of the molecule is CN(c1ccccc1)S(=O)(=O)c1cccc(OCC2CO2)c1C(F)(F)F. The summed E-state index contributed by atoms with van der Waals surface area (Å²) in [7, 11) is -3.24. The van der Waals surface area contributed by atoms with Crippen molar-refractivity contribution < 1.29 is 31.1 Å². The van der Waals surface area contributed by atoms with Gasteiger partial charge in [-0.2, -0.15) is 13.2 Å². The molecule has 5 nitrogen and oxygen atoms in total. The van der Waals surface area contributed by atoms with Crippen LogP contribution in [0.15, 0.2) is 53.4 Å². The van der Waals surface area contributed by atoms with Gasteiger partial charge in [-0.1, -0.05) is 24.3 Å². The summed E-state index contributed by atoms with van der Waals surface area (Å²) in [6.45, 7) is 0.344. The molecule has 0 amide bonds. The largest absolute Gasteiger partial charge is 0.490 e. The lowest BCUT2D eigenvalue weighted by molar-refractivity contribution is -0.141. The van der Waals surface area contributed by atoms with Crippen molar-refractivity contribution >= 4 is 15.7 Å². The maximum Gasteiger partial charge on any atom is 0.421 e. The van der Waals surface area contributed by atoms with Gasteiger partial charge in [-0.25, -0.2) is 8.42 Å². The van der Waals surface area contributed by atoms with Gasteiger partial charge < -0.3 is 9.47 Å². The maximum absolute atomic E-state index is 13.7. The van der Waals surface area contributed by atoms with Gasteiger partial charge in [0.15, 0.2) is 0 Å². The minimum atomic E-state index is -4.90. The quantitative estimate of drug-likeness (QED) is 0.714. The van der Waals surface area contributed by atoms with Gasteiger partial charge in [0.2, 0.25) is 0 Å². The van der Waals surface area contributed by atoms with Crippen LogP contribution in [0.3, 0.4) is 0 Å². The molecule has 2 aromatic rings. The molecule has 0 radical (unpaired) electrons. The summed E-state index contributed by atoms with van der Waals surface area (Å²) >= 11 is 0. The highest BCUT2D eigenvalue weighted by molar-refractivity contribution is 7.92. The number of anilines is 1. The lowest BCUT2D eigenvalue weighted by atomic mass is 10.2. The lowest BCUT2D eigenvalue weighted by Crippen LogP contribution is -2.29. The Bertz CT molecular complexity index is 881. The Morgan fingerprint density at radius 1 is 1.15 bits per heavy atom. The minimum Gasteiger partial charge on any atom is -0.490 e. The van der Waals surface area contributed by atoms with E-state index in [-0.39, 0.29) is 18.4 Å². The molecule has 0 spiro atoms. The van der Waals surface area contributed by atoms with Crippen molar-refractivity contribution in [2.75, 3.05) is 24.6 Å². The van der Waals surface area contributed by atoms with E-state index >= 15 is 0 Å². The summed E-state index contributed by atoms with van der Waals surface area (Å²) < 4.78 is 77.6. The second kappa shape index (κ2) is 6.81. The van der Waals surface area contributed by atoms with Crippen LogP contribution in [0.25, 0.3) is 0 Å². The zero-order valence-electron chi connectivity index (χ0n) is 13.7. The van der Waals surface area contributed by atoms with Crippen LogP contribution in [-0.2, 0) is 20.9 Å². The smallest absolute Gasteiger partial charge is 0.421 e. The Kier molecular flexibility index (Phi) is 4.85. The number of nitrogens with zero attached hydrogens (tertiary/aromatic N) is 1. The number of epoxide rings is 1. The van der Waals surface area contributed by atoms with Crippen LogP contribution < -0.4 is 9.04 Å². The highest BCUT2D eigenvalue weighted by Crippen LogP contribution is 2.42. The van der Waals surface area contributed by atoms with Crippen molar-refractivity contribution in [1.29, 1.82) is 0 Å². The monoisotopic (exact) mass is 387 g/mol.